The van der Waals surface area contributed by atoms with Crippen molar-refractivity contribution in [2.45, 2.75) is 32.4 Å². The van der Waals surface area contributed by atoms with Gasteiger partial charge < -0.3 is 9.88 Å². The van der Waals surface area contributed by atoms with Crippen LogP contribution in [0.15, 0.2) is 28.7 Å². The summed E-state index contributed by atoms with van der Waals surface area (Å²) < 4.78 is 3.15. The molecule has 1 heterocycles. The van der Waals surface area contributed by atoms with Crippen molar-refractivity contribution in [1.82, 2.24) is 9.88 Å². The number of aromatic nitrogens is 1. The maximum absolute atomic E-state index is 11.9. The topological polar surface area (TPSA) is 34.0 Å². The molecule has 3 nitrogen and oxygen atoms in total. The van der Waals surface area contributed by atoms with E-state index in [4.69, 9.17) is 0 Å². The Hall–Kier alpha value is -1.29. The van der Waals surface area contributed by atoms with Crippen LogP contribution in [0.5, 0.6) is 0 Å². The van der Waals surface area contributed by atoms with Crippen LogP contribution >= 0.6 is 15.9 Å². The highest BCUT2D eigenvalue weighted by atomic mass is 79.9. The minimum atomic E-state index is 0.105. The van der Waals surface area contributed by atoms with Crippen LogP contribution in [-0.4, -0.2) is 16.5 Å². The lowest BCUT2D eigenvalue weighted by molar-refractivity contribution is -0.121. The highest BCUT2D eigenvalue weighted by Gasteiger charge is 2.23. The number of hydrogen-bond acceptors (Lipinski definition) is 1. The normalized spacial score (nSPS) is 15.0. The molecule has 1 aliphatic rings. The third-order valence-corrected chi connectivity index (χ3v) is 4.40. The summed E-state index contributed by atoms with van der Waals surface area (Å²) in [7, 11) is 0. The fourth-order valence-electron chi connectivity index (χ4n) is 2.24. The van der Waals surface area contributed by atoms with Crippen molar-refractivity contribution in [2.75, 3.05) is 0 Å². The number of nitrogens with one attached hydrogen (secondary N) is 1. The molecule has 0 spiro atoms. The van der Waals surface area contributed by atoms with Crippen molar-refractivity contribution in [1.29, 1.82) is 0 Å². The Morgan fingerprint density at radius 3 is 2.89 bits per heavy atom. The monoisotopic (exact) mass is 306 g/mol. The van der Waals surface area contributed by atoms with Crippen LogP contribution in [0.3, 0.4) is 0 Å². The molecule has 1 aromatic heterocycles. The van der Waals surface area contributed by atoms with E-state index < -0.39 is 0 Å². The molecule has 1 fully saturated rings. The van der Waals surface area contributed by atoms with Crippen LogP contribution in [0.1, 0.15) is 18.5 Å². The first kappa shape index (κ1) is 11.8. The van der Waals surface area contributed by atoms with Gasteiger partial charge in [-0.1, -0.05) is 18.2 Å². The van der Waals surface area contributed by atoms with Gasteiger partial charge in [-0.25, -0.2) is 0 Å². The van der Waals surface area contributed by atoms with Crippen LogP contribution in [0.2, 0.25) is 0 Å². The van der Waals surface area contributed by atoms with E-state index in [2.05, 4.69) is 37.9 Å². The smallest absolute Gasteiger partial charge is 0.240 e. The molecule has 94 valence electrons. The Balaban J connectivity index is 1.94. The van der Waals surface area contributed by atoms with Crippen molar-refractivity contribution in [2.24, 2.45) is 0 Å². The van der Waals surface area contributed by atoms with Gasteiger partial charge in [-0.2, -0.15) is 0 Å². The zero-order valence-electron chi connectivity index (χ0n) is 10.2. The first-order chi connectivity index (χ1) is 8.66. The van der Waals surface area contributed by atoms with Gasteiger partial charge in [0.25, 0.3) is 0 Å². The number of fused-ring (bicyclic) bond motifs is 1. The summed E-state index contributed by atoms with van der Waals surface area (Å²) in [6, 6.07) is 8.56. The number of nitrogens with zero attached hydrogens (tertiary/aromatic N) is 1. The van der Waals surface area contributed by atoms with Gasteiger partial charge in [-0.05, 0) is 41.8 Å². The van der Waals surface area contributed by atoms with Gasteiger partial charge >= 0.3 is 0 Å². The fraction of sp³-hybridized carbons (Fsp3) is 0.357. The lowest BCUT2D eigenvalue weighted by atomic mass is 10.2. The molecule has 0 radical (unpaired) electrons. The first-order valence-electron chi connectivity index (χ1n) is 6.19. The quantitative estimate of drug-likeness (QED) is 0.929. The molecule has 2 aromatic rings. The Morgan fingerprint density at radius 2 is 2.17 bits per heavy atom. The maximum Gasteiger partial charge on any atom is 0.240 e. The zero-order chi connectivity index (χ0) is 12.7. The Kier molecular flexibility index (Phi) is 2.90. The number of carbonyl (C=O) groups is 1. The van der Waals surface area contributed by atoms with E-state index in [0.29, 0.717) is 12.6 Å². The molecule has 0 unspecified atom stereocenters. The van der Waals surface area contributed by atoms with Crippen molar-refractivity contribution in [3.05, 3.63) is 34.4 Å². The number of benzene rings is 1. The van der Waals surface area contributed by atoms with Crippen molar-refractivity contribution >= 4 is 32.7 Å². The fourth-order valence-corrected chi connectivity index (χ4v) is 2.79. The molecule has 0 aliphatic heterocycles. The summed E-state index contributed by atoms with van der Waals surface area (Å²) in [5.41, 5.74) is 2.20. The summed E-state index contributed by atoms with van der Waals surface area (Å²) >= 11 is 3.60. The molecule has 0 atom stereocenters. The van der Waals surface area contributed by atoms with E-state index in [1.54, 1.807) is 0 Å². The Morgan fingerprint density at radius 1 is 1.44 bits per heavy atom. The number of hydrogen-bond donors (Lipinski definition) is 1. The molecular weight excluding hydrogens is 292 g/mol. The first-order valence-corrected chi connectivity index (χ1v) is 6.99. The van der Waals surface area contributed by atoms with Crippen molar-refractivity contribution in [3.8, 4) is 0 Å². The zero-order valence-corrected chi connectivity index (χ0v) is 11.8. The van der Waals surface area contributed by atoms with Crippen LogP contribution in [0.4, 0.5) is 0 Å². The summed E-state index contributed by atoms with van der Waals surface area (Å²) in [5.74, 6) is 0.105. The summed E-state index contributed by atoms with van der Waals surface area (Å²) in [5, 5.41) is 4.19. The average Bonchev–Trinajstić information content (AvgIpc) is 3.14. The van der Waals surface area contributed by atoms with E-state index in [9.17, 15) is 4.79 Å². The summed E-state index contributed by atoms with van der Waals surface area (Å²) in [6.07, 6.45) is 2.25. The van der Waals surface area contributed by atoms with Gasteiger partial charge in [-0.15, -0.1) is 0 Å². The molecule has 1 saturated carbocycles. The molecule has 18 heavy (non-hydrogen) atoms. The number of halogens is 1. The van der Waals surface area contributed by atoms with E-state index in [1.165, 1.54) is 0 Å². The Bertz CT molecular complexity index is 614. The van der Waals surface area contributed by atoms with Gasteiger partial charge in [0.05, 0.1) is 0 Å². The predicted octanol–water partition coefficient (Wildman–Crippen LogP) is 2.99. The van der Waals surface area contributed by atoms with Crippen LogP contribution < -0.4 is 5.32 Å². The lowest BCUT2D eigenvalue weighted by Gasteiger charge is -2.08. The Labute approximate surface area is 114 Å². The second-order valence-electron chi connectivity index (χ2n) is 4.84. The number of carbonyl (C=O) groups excluding carboxylic acids is 1. The molecular formula is C14H15BrN2O. The molecule has 1 aliphatic carbocycles. The third-order valence-electron chi connectivity index (χ3n) is 3.40. The second kappa shape index (κ2) is 4.43. The molecule has 4 heteroatoms. The SMILES string of the molecule is Cc1c(Br)c2ccccc2n1CC(=O)NC1CC1. The molecule has 0 bridgehead atoms. The lowest BCUT2D eigenvalue weighted by Crippen LogP contribution is -2.29. The minimum Gasteiger partial charge on any atom is -0.352 e. The average molecular weight is 307 g/mol. The molecule has 1 amide bonds. The molecule has 1 N–H and O–H groups in total. The largest absolute Gasteiger partial charge is 0.352 e. The predicted molar refractivity (Wildman–Crippen MR) is 75.5 cm³/mol. The van der Waals surface area contributed by atoms with Gasteiger partial charge in [-0.3, -0.25) is 4.79 Å². The second-order valence-corrected chi connectivity index (χ2v) is 5.64. The van der Waals surface area contributed by atoms with E-state index >= 15 is 0 Å². The van der Waals surface area contributed by atoms with Gasteiger partial charge in [0, 0.05) is 27.1 Å². The maximum atomic E-state index is 11.9. The number of amides is 1. The highest BCUT2D eigenvalue weighted by Crippen LogP contribution is 2.30. The van der Waals surface area contributed by atoms with Crippen LogP contribution in [-0.2, 0) is 11.3 Å². The molecule has 3 rings (SSSR count). The van der Waals surface area contributed by atoms with Gasteiger partial charge in [0.1, 0.15) is 6.54 Å². The minimum absolute atomic E-state index is 0.105. The van der Waals surface area contributed by atoms with Crippen LogP contribution in [0, 0.1) is 6.92 Å². The number of rotatable bonds is 3. The third kappa shape index (κ3) is 2.05. The summed E-state index contributed by atoms with van der Waals surface area (Å²) in [6.45, 7) is 2.43. The van der Waals surface area contributed by atoms with E-state index in [0.717, 1.165) is 33.9 Å². The molecule has 1 aromatic carbocycles. The summed E-state index contributed by atoms with van der Waals surface area (Å²) in [4.78, 5) is 11.9. The van der Waals surface area contributed by atoms with Gasteiger partial charge in [0.2, 0.25) is 5.91 Å². The standard InChI is InChI=1S/C14H15BrN2O/c1-9-14(15)11-4-2-3-5-12(11)17(9)8-13(18)16-10-6-7-10/h2-5,10H,6-8H2,1H3,(H,16,18). The van der Waals surface area contributed by atoms with Crippen molar-refractivity contribution in [3.63, 3.8) is 0 Å². The number of para-hydroxylation sites is 1. The van der Waals surface area contributed by atoms with Crippen LogP contribution in [0.25, 0.3) is 10.9 Å². The van der Waals surface area contributed by atoms with E-state index in [1.807, 2.05) is 19.1 Å². The van der Waals surface area contributed by atoms with E-state index in [-0.39, 0.29) is 5.91 Å². The molecule has 0 saturated heterocycles. The van der Waals surface area contributed by atoms with Gasteiger partial charge in [0.15, 0.2) is 0 Å². The van der Waals surface area contributed by atoms with Crippen molar-refractivity contribution < 1.29 is 4.79 Å². The highest BCUT2D eigenvalue weighted by molar-refractivity contribution is 9.10.